The second kappa shape index (κ2) is 4.14. The van der Waals surface area contributed by atoms with Crippen molar-refractivity contribution in [2.45, 2.75) is 6.29 Å². The quantitative estimate of drug-likeness (QED) is 0.826. The fourth-order valence-electron chi connectivity index (χ4n) is 1.44. The Bertz CT molecular complexity index is 479. The molecule has 1 saturated heterocycles. The van der Waals surface area contributed by atoms with E-state index < -0.39 is 0 Å². The van der Waals surface area contributed by atoms with Gasteiger partial charge in [0.05, 0.1) is 13.2 Å². The van der Waals surface area contributed by atoms with Gasteiger partial charge in [-0.25, -0.2) is 9.67 Å². The summed E-state index contributed by atoms with van der Waals surface area (Å²) >= 11 is 7.46. The molecule has 16 heavy (non-hydrogen) atoms. The summed E-state index contributed by atoms with van der Waals surface area (Å²) in [4.78, 5) is 5.02. The summed E-state index contributed by atoms with van der Waals surface area (Å²) in [5.74, 6) is 0. The van der Waals surface area contributed by atoms with Gasteiger partial charge in [-0.3, -0.25) is 0 Å². The first kappa shape index (κ1) is 10.2. The fraction of sp³-hybridized carbons (Fsp3) is 0.333. The van der Waals surface area contributed by atoms with Crippen molar-refractivity contribution in [1.29, 1.82) is 0 Å². The Morgan fingerprint density at radius 1 is 1.44 bits per heavy atom. The van der Waals surface area contributed by atoms with Crippen molar-refractivity contribution in [3.05, 3.63) is 28.5 Å². The molecule has 0 spiro atoms. The first-order chi connectivity index (χ1) is 7.84. The summed E-state index contributed by atoms with van der Waals surface area (Å²) in [7, 11) is 0. The van der Waals surface area contributed by atoms with Crippen molar-refractivity contribution in [2.75, 3.05) is 13.2 Å². The Hall–Kier alpha value is -0.950. The van der Waals surface area contributed by atoms with Crippen molar-refractivity contribution in [3.8, 4) is 5.13 Å². The van der Waals surface area contributed by atoms with Crippen LogP contribution in [-0.4, -0.2) is 28.0 Å². The Morgan fingerprint density at radius 3 is 2.94 bits per heavy atom. The van der Waals surface area contributed by atoms with Gasteiger partial charge in [-0.15, -0.1) is 0 Å². The van der Waals surface area contributed by atoms with E-state index in [1.54, 1.807) is 10.9 Å². The number of hydrogen-bond donors (Lipinski definition) is 0. The molecular formula is C9H8ClN3O2S. The molecule has 2 aromatic rings. The van der Waals surface area contributed by atoms with E-state index in [1.165, 1.54) is 11.3 Å². The van der Waals surface area contributed by atoms with Crippen LogP contribution in [0.3, 0.4) is 0 Å². The number of aromatic nitrogens is 3. The third kappa shape index (κ3) is 1.73. The predicted molar refractivity (Wildman–Crippen MR) is 58.9 cm³/mol. The van der Waals surface area contributed by atoms with Crippen molar-refractivity contribution in [2.24, 2.45) is 0 Å². The summed E-state index contributed by atoms with van der Waals surface area (Å²) in [6.45, 7) is 1.19. The van der Waals surface area contributed by atoms with Gasteiger partial charge in [-0.2, -0.15) is 5.10 Å². The van der Waals surface area contributed by atoms with E-state index in [4.69, 9.17) is 21.1 Å². The molecule has 0 saturated carbocycles. The van der Waals surface area contributed by atoms with Crippen LogP contribution < -0.4 is 0 Å². The van der Waals surface area contributed by atoms with Gasteiger partial charge < -0.3 is 9.47 Å². The van der Waals surface area contributed by atoms with Crippen LogP contribution in [-0.2, 0) is 9.47 Å². The van der Waals surface area contributed by atoms with E-state index in [2.05, 4.69) is 10.1 Å². The van der Waals surface area contributed by atoms with Crippen LogP contribution in [0.25, 0.3) is 5.13 Å². The highest BCUT2D eigenvalue weighted by atomic mass is 35.5. The van der Waals surface area contributed by atoms with Gasteiger partial charge in [0, 0.05) is 12.4 Å². The summed E-state index contributed by atoms with van der Waals surface area (Å²) in [6, 6.07) is 1.83. The third-order valence-electron chi connectivity index (χ3n) is 2.13. The highest BCUT2D eigenvalue weighted by Crippen LogP contribution is 2.35. The minimum atomic E-state index is -0.380. The van der Waals surface area contributed by atoms with Crippen LogP contribution in [0.15, 0.2) is 18.5 Å². The minimum absolute atomic E-state index is 0.380. The standard InChI is InChI=1S/C9H8ClN3O2S/c10-7-6(8-14-4-5-15-8)16-9(12-7)13-3-1-2-11-13/h1-3,8H,4-5H2. The maximum atomic E-state index is 6.04. The van der Waals surface area contributed by atoms with E-state index in [-0.39, 0.29) is 6.29 Å². The molecule has 0 aromatic carbocycles. The smallest absolute Gasteiger partial charge is 0.212 e. The SMILES string of the molecule is Clc1nc(-n2cccn2)sc1C1OCCO1. The van der Waals surface area contributed by atoms with Crippen molar-refractivity contribution < 1.29 is 9.47 Å². The van der Waals surface area contributed by atoms with Gasteiger partial charge >= 0.3 is 0 Å². The maximum Gasteiger partial charge on any atom is 0.212 e. The lowest BCUT2D eigenvalue weighted by Gasteiger charge is -2.04. The van der Waals surface area contributed by atoms with Crippen molar-refractivity contribution in [3.63, 3.8) is 0 Å². The van der Waals surface area contributed by atoms with E-state index in [0.29, 0.717) is 23.5 Å². The Labute approximate surface area is 101 Å². The molecule has 0 bridgehead atoms. The van der Waals surface area contributed by atoms with Gasteiger partial charge in [0.1, 0.15) is 4.88 Å². The molecule has 2 aromatic heterocycles. The average molecular weight is 258 g/mol. The van der Waals surface area contributed by atoms with Crippen LogP contribution in [0.2, 0.25) is 5.15 Å². The number of halogens is 1. The highest BCUT2D eigenvalue weighted by molar-refractivity contribution is 7.14. The highest BCUT2D eigenvalue weighted by Gasteiger charge is 2.25. The Balaban J connectivity index is 1.95. The van der Waals surface area contributed by atoms with Gasteiger partial charge in [0.15, 0.2) is 11.4 Å². The molecule has 0 unspecified atom stereocenters. The second-order valence-corrected chi connectivity index (χ2v) is 4.54. The van der Waals surface area contributed by atoms with Crippen LogP contribution in [0.1, 0.15) is 11.2 Å². The molecule has 1 aliphatic heterocycles. The molecule has 0 aliphatic carbocycles. The average Bonchev–Trinajstić information content (AvgIpc) is 2.97. The zero-order valence-corrected chi connectivity index (χ0v) is 9.74. The van der Waals surface area contributed by atoms with E-state index >= 15 is 0 Å². The minimum Gasteiger partial charge on any atom is -0.345 e. The fourth-order valence-corrected chi connectivity index (χ4v) is 2.67. The monoisotopic (exact) mass is 257 g/mol. The molecule has 1 fully saturated rings. The third-order valence-corrected chi connectivity index (χ3v) is 3.60. The van der Waals surface area contributed by atoms with Gasteiger partial charge in [-0.1, -0.05) is 22.9 Å². The number of rotatable bonds is 2. The maximum absolute atomic E-state index is 6.04. The lowest BCUT2D eigenvalue weighted by molar-refractivity contribution is -0.0413. The molecule has 7 heteroatoms. The van der Waals surface area contributed by atoms with E-state index in [1.807, 2.05) is 12.3 Å². The molecule has 0 atom stereocenters. The van der Waals surface area contributed by atoms with Gasteiger partial charge in [0.2, 0.25) is 5.13 Å². The van der Waals surface area contributed by atoms with Crippen LogP contribution >= 0.6 is 22.9 Å². The summed E-state index contributed by atoms with van der Waals surface area (Å²) in [5, 5.41) is 5.22. The van der Waals surface area contributed by atoms with Crippen molar-refractivity contribution in [1.82, 2.24) is 14.8 Å². The molecule has 84 valence electrons. The number of ether oxygens (including phenoxy) is 2. The molecule has 0 amide bonds. The lowest BCUT2D eigenvalue weighted by atomic mass is 10.5. The van der Waals surface area contributed by atoms with Crippen molar-refractivity contribution >= 4 is 22.9 Å². The molecule has 1 aliphatic rings. The largest absolute Gasteiger partial charge is 0.345 e. The molecule has 3 heterocycles. The molecule has 5 nitrogen and oxygen atoms in total. The van der Waals surface area contributed by atoms with Crippen LogP contribution in [0.5, 0.6) is 0 Å². The molecule has 3 rings (SSSR count). The summed E-state index contributed by atoms with van der Waals surface area (Å²) in [5.41, 5.74) is 0. The number of hydrogen-bond acceptors (Lipinski definition) is 5. The number of nitrogens with zero attached hydrogens (tertiary/aromatic N) is 3. The molecule has 0 N–H and O–H groups in total. The normalized spacial score (nSPS) is 17.1. The first-order valence-electron chi connectivity index (χ1n) is 4.74. The van der Waals surface area contributed by atoms with E-state index in [0.717, 1.165) is 4.88 Å². The first-order valence-corrected chi connectivity index (χ1v) is 5.93. The van der Waals surface area contributed by atoms with E-state index in [9.17, 15) is 0 Å². The predicted octanol–water partition coefficient (Wildman–Crippen LogP) is 2.03. The zero-order chi connectivity index (χ0) is 11.0. The Morgan fingerprint density at radius 2 is 2.25 bits per heavy atom. The van der Waals surface area contributed by atoms with Crippen LogP contribution in [0, 0.1) is 0 Å². The van der Waals surface area contributed by atoms with Gasteiger partial charge in [0.25, 0.3) is 0 Å². The lowest BCUT2D eigenvalue weighted by Crippen LogP contribution is -1.95. The Kier molecular flexibility index (Phi) is 2.64. The zero-order valence-electron chi connectivity index (χ0n) is 8.17. The summed E-state index contributed by atoms with van der Waals surface area (Å²) < 4.78 is 12.4. The molecular weight excluding hydrogens is 250 g/mol. The van der Waals surface area contributed by atoms with Crippen LogP contribution in [0.4, 0.5) is 0 Å². The van der Waals surface area contributed by atoms with Gasteiger partial charge in [-0.05, 0) is 6.07 Å². The second-order valence-electron chi connectivity index (χ2n) is 3.18. The molecule has 0 radical (unpaired) electrons. The number of thiazole rings is 1. The summed E-state index contributed by atoms with van der Waals surface area (Å²) in [6.07, 6.45) is 3.13. The topological polar surface area (TPSA) is 49.2 Å².